The van der Waals surface area contributed by atoms with Gasteiger partial charge in [-0.1, -0.05) is 29.8 Å². The fraction of sp³-hybridized carbons (Fsp3) is 0.600. The number of nitrogens with zero attached hydrogens (tertiary/aromatic N) is 1. The average Bonchev–Trinajstić information content (AvgIpc) is 2.44. The van der Waals surface area contributed by atoms with Crippen molar-refractivity contribution in [2.75, 3.05) is 20.2 Å². The van der Waals surface area contributed by atoms with Gasteiger partial charge >= 0.3 is 0 Å². The van der Waals surface area contributed by atoms with Crippen LogP contribution in [0.15, 0.2) is 21.5 Å². The minimum Gasteiger partial charge on any atom is -0.495 e. The first-order valence-electron chi connectivity index (χ1n) is 7.19. The molecular weight excluding hydrogens is 368 g/mol. The van der Waals surface area contributed by atoms with Crippen molar-refractivity contribution in [2.24, 2.45) is 11.1 Å². The van der Waals surface area contributed by atoms with Crippen LogP contribution in [0.4, 0.5) is 0 Å². The molecule has 1 aromatic carbocycles. The van der Waals surface area contributed by atoms with Crippen molar-refractivity contribution in [1.82, 2.24) is 4.31 Å². The Balaban J connectivity index is 2.45. The molecule has 0 spiro atoms. The first-order chi connectivity index (χ1) is 10.1. The molecule has 22 heavy (non-hydrogen) atoms. The van der Waals surface area contributed by atoms with Crippen LogP contribution < -0.4 is 10.5 Å². The number of piperidine rings is 1. The highest BCUT2D eigenvalue weighted by molar-refractivity contribution is 9.10. The fourth-order valence-electron chi connectivity index (χ4n) is 2.67. The minimum atomic E-state index is -3.62. The Kier molecular flexibility index (Phi) is 4.92. The number of methoxy groups -OCH3 is 1. The fourth-order valence-corrected chi connectivity index (χ4v) is 4.95. The van der Waals surface area contributed by atoms with E-state index < -0.39 is 10.0 Å². The van der Waals surface area contributed by atoms with Gasteiger partial charge in [0.05, 0.1) is 7.11 Å². The van der Waals surface area contributed by atoms with E-state index in [9.17, 15) is 8.42 Å². The Labute approximate surface area is 141 Å². The number of aryl methyl sites for hydroxylation is 1. The SMILES string of the molecule is COc1cc(C)c(Br)cc1S(=O)(=O)N1CCC(N)C(C)(C)C1. The summed E-state index contributed by atoms with van der Waals surface area (Å²) in [6.07, 6.45) is 0.654. The molecule has 2 N–H and O–H groups in total. The lowest BCUT2D eigenvalue weighted by Gasteiger charge is -2.41. The largest absolute Gasteiger partial charge is 0.495 e. The predicted octanol–water partition coefficient (Wildman–Crippen LogP) is 2.51. The molecule has 1 aromatic rings. The molecule has 0 radical (unpaired) electrons. The van der Waals surface area contributed by atoms with E-state index in [1.165, 1.54) is 11.4 Å². The topological polar surface area (TPSA) is 72.6 Å². The number of rotatable bonds is 3. The Morgan fingerprint density at radius 3 is 2.59 bits per heavy atom. The molecule has 124 valence electrons. The third-order valence-electron chi connectivity index (χ3n) is 4.34. The maximum absolute atomic E-state index is 13.0. The van der Waals surface area contributed by atoms with Crippen LogP contribution in [-0.4, -0.2) is 39.0 Å². The van der Waals surface area contributed by atoms with E-state index >= 15 is 0 Å². The van der Waals surface area contributed by atoms with Crippen molar-refractivity contribution >= 4 is 26.0 Å². The van der Waals surface area contributed by atoms with Gasteiger partial charge in [0, 0.05) is 23.6 Å². The lowest BCUT2D eigenvalue weighted by atomic mass is 9.81. The summed E-state index contributed by atoms with van der Waals surface area (Å²) >= 11 is 3.40. The molecule has 1 heterocycles. The molecule has 0 aromatic heterocycles. The third kappa shape index (κ3) is 3.18. The first kappa shape index (κ1) is 17.7. The van der Waals surface area contributed by atoms with Gasteiger partial charge in [0.25, 0.3) is 0 Å². The maximum atomic E-state index is 13.0. The number of ether oxygens (including phenoxy) is 1. The van der Waals surface area contributed by atoms with Gasteiger partial charge < -0.3 is 10.5 Å². The highest BCUT2D eigenvalue weighted by Gasteiger charge is 2.39. The molecule has 1 atom stereocenters. The van der Waals surface area contributed by atoms with Crippen molar-refractivity contribution < 1.29 is 13.2 Å². The summed E-state index contributed by atoms with van der Waals surface area (Å²) in [5.41, 5.74) is 6.78. The van der Waals surface area contributed by atoms with Crippen LogP contribution in [0, 0.1) is 12.3 Å². The molecule has 0 aliphatic carbocycles. The van der Waals surface area contributed by atoms with Gasteiger partial charge in [-0.05, 0) is 36.5 Å². The number of nitrogens with two attached hydrogens (primary N) is 1. The summed E-state index contributed by atoms with van der Waals surface area (Å²) in [5, 5.41) is 0. The molecule has 0 saturated carbocycles. The molecule has 2 rings (SSSR count). The van der Waals surface area contributed by atoms with Crippen LogP contribution in [0.5, 0.6) is 5.75 Å². The summed E-state index contributed by atoms with van der Waals surface area (Å²) in [7, 11) is -2.13. The third-order valence-corrected chi connectivity index (χ3v) is 7.06. The van der Waals surface area contributed by atoms with Gasteiger partial charge in [0.2, 0.25) is 10.0 Å². The molecular formula is C15H23BrN2O3S. The van der Waals surface area contributed by atoms with Gasteiger partial charge in [0.15, 0.2) is 0 Å². The van der Waals surface area contributed by atoms with E-state index in [0.29, 0.717) is 25.3 Å². The highest BCUT2D eigenvalue weighted by atomic mass is 79.9. The highest BCUT2D eigenvalue weighted by Crippen LogP contribution is 2.36. The summed E-state index contributed by atoms with van der Waals surface area (Å²) in [4.78, 5) is 0.193. The van der Waals surface area contributed by atoms with Crippen molar-refractivity contribution in [3.63, 3.8) is 0 Å². The lowest BCUT2D eigenvalue weighted by Crippen LogP contribution is -2.53. The van der Waals surface area contributed by atoms with Gasteiger partial charge in [-0.3, -0.25) is 0 Å². The molecule has 1 aliphatic rings. The molecule has 7 heteroatoms. The second-order valence-corrected chi connectivity index (χ2v) is 9.24. The number of benzene rings is 1. The van der Waals surface area contributed by atoms with Crippen LogP contribution in [0.1, 0.15) is 25.8 Å². The average molecular weight is 391 g/mol. The summed E-state index contributed by atoms with van der Waals surface area (Å²) in [6, 6.07) is 3.36. The molecule has 1 saturated heterocycles. The van der Waals surface area contributed by atoms with Crippen LogP contribution >= 0.6 is 15.9 Å². The van der Waals surface area contributed by atoms with E-state index in [4.69, 9.17) is 10.5 Å². The molecule has 1 unspecified atom stereocenters. The Morgan fingerprint density at radius 2 is 2.05 bits per heavy atom. The zero-order valence-electron chi connectivity index (χ0n) is 13.4. The maximum Gasteiger partial charge on any atom is 0.246 e. The normalized spacial score (nSPS) is 22.5. The van der Waals surface area contributed by atoms with E-state index in [0.717, 1.165) is 10.0 Å². The number of sulfonamides is 1. The first-order valence-corrected chi connectivity index (χ1v) is 9.43. The van der Waals surface area contributed by atoms with Crippen molar-refractivity contribution in [1.29, 1.82) is 0 Å². The van der Waals surface area contributed by atoms with E-state index in [1.54, 1.807) is 12.1 Å². The second-order valence-electron chi connectivity index (χ2n) is 6.47. The van der Waals surface area contributed by atoms with E-state index in [2.05, 4.69) is 15.9 Å². The van der Waals surface area contributed by atoms with Gasteiger partial charge in [0.1, 0.15) is 10.6 Å². The Hall–Kier alpha value is -0.630. The van der Waals surface area contributed by atoms with Crippen molar-refractivity contribution in [3.8, 4) is 5.75 Å². The minimum absolute atomic E-state index is 0.00518. The number of hydrogen-bond donors (Lipinski definition) is 1. The zero-order chi connectivity index (χ0) is 16.7. The van der Waals surface area contributed by atoms with Crippen LogP contribution in [0.3, 0.4) is 0 Å². The zero-order valence-corrected chi connectivity index (χ0v) is 15.8. The standard InChI is InChI=1S/C15H23BrN2O3S/c1-10-7-12(21-4)13(8-11(10)16)22(19,20)18-6-5-14(17)15(2,3)9-18/h7-8,14H,5-6,9,17H2,1-4H3. The molecule has 1 aliphatic heterocycles. The predicted molar refractivity (Wildman–Crippen MR) is 90.6 cm³/mol. The second kappa shape index (κ2) is 6.11. The summed E-state index contributed by atoms with van der Waals surface area (Å²) in [6.45, 7) is 6.74. The molecule has 0 amide bonds. The van der Waals surface area contributed by atoms with Crippen LogP contribution in [0.2, 0.25) is 0 Å². The number of hydrogen-bond acceptors (Lipinski definition) is 4. The van der Waals surface area contributed by atoms with Gasteiger partial charge in [-0.2, -0.15) is 4.31 Å². The monoisotopic (exact) mass is 390 g/mol. The lowest BCUT2D eigenvalue weighted by molar-refractivity contribution is 0.155. The van der Waals surface area contributed by atoms with Crippen molar-refractivity contribution in [3.05, 3.63) is 22.2 Å². The molecule has 0 bridgehead atoms. The van der Waals surface area contributed by atoms with Gasteiger partial charge in [-0.15, -0.1) is 0 Å². The smallest absolute Gasteiger partial charge is 0.246 e. The quantitative estimate of drug-likeness (QED) is 0.860. The summed E-state index contributed by atoms with van der Waals surface area (Å²) < 4.78 is 33.6. The Morgan fingerprint density at radius 1 is 1.41 bits per heavy atom. The van der Waals surface area contributed by atoms with Crippen molar-refractivity contribution in [2.45, 2.75) is 38.1 Å². The van der Waals surface area contributed by atoms with E-state index in [1.807, 2.05) is 20.8 Å². The van der Waals surface area contributed by atoms with Crippen LogP contribution in [-0.2, 0) is 10.0 Å². The summed E-state index contributed by atoms with van der Waals surface area (Å²) in [5.74, 6) is 0.369. The molecule has 5 nitrogen and oxygen atoms in total. The Bertz CT molecular complexity index is 674. The van der Waals surface area contributed by atoms with Gasteiger partial charge in [-0.25, -0.2) is 8.42 Å². The van der Waals surface area contributed by atoms with E-state index in [-0.39, 0.29) is 16.4 Å². The van der Waals surface area contributed by atoms with Crippen LogP contribution in [0.25, 0.3) is 0 Å². The molecule has 1 fully saturated rings. The number of halogens is 1.